The summed E-state index contributed by atoms with van der Waals surface area (Å²) in [5.74, 6) is 0. The summed E-state index contributed by atoms with van der Waals surface area (Å²) in [5, 5.41) is 3.27. The molecule has 0 bridgehead atoms. The molecule has 0 saturated carbocycles. The van der Waals surface area contributed by atoms with Gasteiger partial charge in [-0.25, -0.2) is 0 Å². The van der Waals surface area contributed by atoms with Crippen molar-refractivity contribution in [1.29, 1.82) is 0 Å². The first kappa shape index (κ1) is 10.9. The Labute approximate surface area is 69.1 Å². The summed E-state index contributed by atoms with van der Waals surface area (Å²) in [6.07, 6.45) is 2.02. The van der Waals surface area contributed by atoms with Crippen molar-refractivity contribution in [2.75, 3.05) is 27.3 Å². The van der Waals surface area contributed by atoms with Crippen LogP contribution in [0.1, 0.15) is 19.8 Å². The van der Waals surface area contributed by atoms with Gasteiger partial charge in [-0.1, -0.05) is 6.92 Å². The predicted octanol–water partition coefficient (Wildman–Crippen LogP) is 0.995. The summed E-state index contributed by atoms with van der Waals surface area (Å²) < 4.78 is 10.0. The third-order valence-corrected chi connectivity index (χ3v) is 1.51. The third-order valence-electron chi connectivity index (χ3n) is 1.51. The SMILES string of the molecule is CCCNCCC(OC)OC. The Morgan fingerprint density at radius 3 is 2.27 bits per heavy atom. The number of methoxy groups -OCH3 is 2. The molecule has 0 aromatic rings. The molecule has 11 heavy (non-hydrogen) atoms. The number of hydrogen-bond donors (Lipinski definition) is 1. The van der Waals surface area contributed by atoms with Gasteiger partial charge in [-0.2, -0.15) is 0 Å². The van der Waals surface area contributed by atoms with Crippen LogP contribution in [0.5, 0.6) is 0 Å². The van der Waals surface area contributed by atoms with E-state index in [2.05, 4.69) is 12.2 Å². The van der Waals surface area contributed by atoms with Crippen molar-refractivity contribution in [2.24, 2.45) is 0 Å². The summed E-state index contributed by atoms with van der Waals surface area (Å²) in [4.78, 5) is 0. The summed E-state index contributed by atoms with van der Waals surface area (Å²) in [7, 11) is 3.32. The van der Waals surface area contributed by atoms with E-state index in [1.54, 1.807) is 14.2 Å². The molecular weight excluding hydrogens is 142 g/mol. The van der Waals surface area contributed by atoms with Crippen LogP contribution in [0, 0.1) is 0 Å². The number of ether oxygens (including phenoxy) is 2. The van der Waals surface area contributed by atoms with Gasteiger partial charge in [0.2, 0.25) is 0 Å². The lowest BCUT2D eigenvalue weighted by atomic mass is 10.4. The van der Waals surface area contributed by atoms with Crippen LogP contribution < -0.4 is 5.32 Å². The van der Waals surface area contributed by atoms with Crippen LogP contribution in [0.2, 0.25) is 0 Å². The first-order chi connectivity index (χ1) is 5.35. The second-order valence-electron chi connectivity index (χ2n) is 2.44. The molecule has 3 nitrogen and oxygen atoms in total. The quantitative estimate of drug-likeness (QED) is 0.446. The molecular formula is C8H19NO2. The predicted molar refractivity (Wildman–Crippen MR) is 45.6 cm³/mol. The zero-order chi connectivity index (χ0) is 8.53. The Hall–Kier alpha value is -0.120. The van der Waals surface area contributed by atoms with E-state index in [0.29, 0.717) is 0 Å². The second kappa shape index (κ2) is 7.98. The minimum absolute atomic E-state index is 0.0562. The highest BCUT2D eigenvalue weighted by molar-refractivity contribution is 4.49. The van der Waals surface area contributed by atoms with E-state index in [9.17, 15) is 0 Å². The molecule has 0 amide bonds. The number of nitrogens with one attached hydrogen (secondary N) is 1. The van der Waals surface area contributed by atoms with Gasteiger partial charge in [0, 0.05) is 20.6 Å². The molecule has 0 aromatic heterocycles. The van der Waals surface area contributed by atoms with Gasteiger partial charge >= 0.3 is 0 Å². The molecule has 0 aromatic carbocycles. The molecule has 0 radical (unpaired) electrons. The van der Waals surface area contributed by atoms with Crippen molar-refractivity contribution in [1.82, 2.24) is 5.32 Å². The monoisotopic (exact) mass is 161 g/mol. The highest BCUT2D eigenvalue weighted by Crippen LogP contribution is 1.95. The average molecular weight is 161 g/mol. The molecule has 68 valence electrons. The Morgan fingerprint density at radius 2 is 1.82 bits per heavy atom. The molecule has 1 N–H and O–H groups in total. The molecule has 0 aliphatic rings. The largest absolute Gasteiger partial charge is 0.356 e. The van der Waals surface area contributed by atoms with Gasteiger partial charge in [0.1, 0.15) is 0 Å². The fraction of sp³-hybridized carbons (Fsp3) is 1.00. The van der Waals surface area contributed by atoms with Crippen molar-refractivity contribution < 1.29 is 9.47 Å². The summed E-state index contributed by atoms with van der Waals surface area (Å²) >= 11 is 0. The summed E-state index contributed by atoms with van der Waals surface area (Å²) in [5.41, 5.74) is 0. The lowest BCUT2D eigenvalue weighted by molar-refractivity contribution is -0.105. The van der Waals surface area contributed by atoms with E-state index in [1.807, 2.05) is 0 Å². The maximum Gasteiger partial charge on any atom is 0.158 e. The average Bonchev–Trinajstić information content (AvgIpc) is 2.05. The van der Waals surface area contributed by atoms with Gasteiger partial charge in [0.25, 0.3) is 0 Å². The van der Waals surface area contributed by atoms with E-state index in [0.717, 1.165) is 19.5 Å². The van der Waals surface area contributed by atoms with Crippen LogP contribution in [0.25, 0.3) is 0 Å². The van der Waals surface area contributed by atoms with Crippen molar-refractivity contribution in [2.45, 2.75) is 26.1 Å². The summed E-state index contributed by atoms with van der Waals surface area (Å²) in [6, 6.07) is 0. The van der Waals surface area contributed by atoms with Gasteiger partial charge in [-0.3, -0.25) is 0 Å². The molecule has 3 heteroatoms. The Balaban J connectivity index is 3.07. The first-order valence-electron chi connectivity index (χ1n) is 4.11. The van der Waals surface area contributed by atoms with Crippen molar-refractivity contribution in [3.8, 4) is 0 Å². The topological polar surface area (TPSA) is 30.5 Å². The van der Waals surface area contributed by atoms with E-state index >= 15 is 0 Å². The minimum Gasteiger partial charge on any atom is -0.356 e. The van der Waals surface area contributed by atoms with Crippen molar-refractivity contribution in [3.63, 3.8) is 0 Å². The maximum absolute atomic E-state index is 5.02. The van der Waals surface area contributed by atoms with Crippen LogP contribution in [0.15, 0.2) is 0 Å². The van der Waals surface area contributed by atoms with Gasteiger partial charge in [-0.05, 0) is 19.5 Å². The van der Waals surface area contributed by atoms with E-state index < -0.39 is 0 Å². The summed E-state index contributed by atoms with van der Waals surface area (Å²) in [6.45, 7) is 4.18. The molecule has 0 saturated heterocycles. The molecule has 0 rings (SSSR count). The van der Waals surface area contributed by atoms with Gasteiger partial charge in [0.15, 0.2) is 6.29 Å². The molecule has 0 unspecified atom stereocenters. The van der Waals surface area contributed by atoms with Crippen LogP contribution in [0.3, 0.4) is 0 Å². The third kappa shape index (κ3) is 6.28. The fourth-order valence-corrected chi connectivity index (χ4v) is 0.854. The van der Waals surface area contributed by atoms with Crippen molar-refractivity contribution >= 4 is 0 Å². The zero-order valence-electron chi connectivity index (χ0n) is 7.72. The molecule has 0 atom stereocenters. The molecule has 0 heterocycles. The van der Waals surface area contributed by atoms with E-state index in [1.165, 1.54) is 6.42 Å². The maximum atomic E-state index is 5.02. The normalized spacial score (nSPS) is 10.9. The van der Waals surface area contributed by atoms with Gasteiger partial charge < -0.3 is 14.8 Å². The van der Waals surface area contributed by atoms with Crippen LogP contribution >= 0.6 is 0 Å². The van der Waals surface area contributed by atoms with Gasteiger partial charge in [-0.15, -0.1) is 0 Å². The molecule has 0 spiro atoms. The fourth-order valence-electron chi connectivity index (χ4n) is 0.854. The Morgan fingerprint density at radius 1 is 1.18 bits per heavy atom. The van der Waals surface area contributed by atoms with Crippen LogP contribution in [0.4, 0.5) is 0 Å². The highest BCUT2D eigenvalue weighted by atomic mass is 16.7. The minimum atomic E-state index is -0.0562. The standard InChI is InChI=1S/C8H19NO2/c1-4-6-9-7-5-8(10-2)11-3/h8-9H,4-7H2,1-3H3. The molecule has 0 fully saturated rings. The molecule has 0 aliphatic carbocycles. The molecule has 0 aliphatic heterocycles. The zero-order valence-corrected chi connectivity index (χ0v) is 7.72. The van der Waals surface area contributed by atoms with Gasteiger partial charge in [0.05, 0.1) is 0 Å². The number of rotatable bonds is 7. The van der Waals surface area contributed by atoms with Crippen LogP contribution in [-0.4, -0.2) is 33.6 Å². The first-order valence-corrected chi connectivity index (χ1v) is 4.11. The van der Waals surface area contributed by atoms with Crippen molar-refractivity contribution in [3.05, 3.63) is 0 Å². The Bertz CT molecular complexity index is 74.5. The lowest BCUT2D eigenvalue weighted by Gasteiger charge is -2.12. The smallest absolute Gasteiger partial charge is 0.158 e. The number of hydrogen-bond acceptors (Lipinski definition) is 3. The van der Waals surface area contributed by atoms with Crippen LogP contribution in [-0.2, 0) is 9.47 Å². The van der Waals surface area contributed by atoms with E-state index in [-0.39, 0.29) is 6.29 Å². The highest BCUT2D eigenvalue weighted by Gasteiger charge is 2.02. The van der Waals surface area contributed by atoms with E-state index in [4.69, 9.17) is 9.47 Å². The second-order valence-corrected chi connectivity index (χ2v) is 2.44. The Kier molecular flexibility index (Phi) is 7.89. The lowest BCUT2D eigenvalue weighted by Crippen LogP contribution is -2.23.